The maximum absolute atomic E-state index is 13.5. The van der Waals surface area contributed by atoms with Crippen molar-refractivity contribution in [1.29, 1.82) is 0 Å². The van der Waals surface area contributed by atoms with Gasteiger partial charge in [-0.3, -0.25) is 14.5 Å². The normalized spacial score (nSPS) is 20.3. The highest BCUT2D eigenvalue weighted by Crippen LogP contribution is 2.47. The number of para-hydroxylation sites is 1. The van der Waals surface area contributed by atoms with Crippen molar-refractivity contribution >= 4 is 42.2 Å². The molecule has 0 saturated carbocycles. The number of aliphatic hydroxyl groups is 2. The van der Waals surface area contributed by atoms with Crippen LogP contribution in [0, 0.1) is 17.8 Å². The molecule has 4 aromatic rings. The number of phenolic OH excluding ortho intramolecular Hbond substituents is 1. The van der Waals surface area contributed by atoms with Gasteiger partial charge < -0.3 is 19.7 Å². The first-order valence-corrected chi connectivity index (χ1v) is 20.0. The van der Waals surface area contributed by atoms with Gasteiger partial charge in [0, 0.05) is 18.5 Å². The van der Waals surface area contributed by atoms with Gasteiger partial charge in [0.2, 0.25) is 11.8 Å². The molecule has 1 saturated heterocycles. The monoisotopic (exact) mass is 715 g/mol. The molecule has 1 aliphatic carbocycles. The molecule has 3 N–H and O–H groups in total. The number of carbonyl (C=O) groups is 2. The van der Waals surface area contributed by atoms with Gasteiger partial charge in [-0.2, -0.15) is 0 Å². The number of aliphatic hydroxyl groups excluding tert-OH is 2. The Kier molecular flexibility index (Phi) is 11.1. The van der Waals surface area contributed by atoms with E-state index in [2.05, 4.69) is 45.0 Å². The van der Waals surface area contributed by atoms with Gasteiger partial charge in [-0.15, -0.1) is 0 Å². The summed E-state index contributed by atoms with van der Waals surface area (Å²) in [5, 5.41) is 35.7. The molecule has 0 aromatic heterocycles. The maximum Gasteiger partial charge on any atom is 0.261 e. The summed E-state index contributed by atoms with van der Waals surface area (Å²) in [5.41, 5.74) is 3.91. The number of nitrogens with zero attached hydrogens (tertiary/aromatic N) is 1. The zero-order valence-electron chi connectivity index (χ0n) is 30.4. The quantitative estimate of drug-likeness (QED) is 0.0700. The van der Waals surface area contributed by atoms with E-state index in [-0.39, 0.29) is 48.7 Å². The van der Waals surface area contributed by atoms with E-state index in [1.807, 2.05) is 84.9 Å². The van der Waals surface area contributed by atoms with Crippen molar-refractivity contribution in [1.82, 2.24) is 4.90 Å². The van der Waals surface area contributed by atoms with E-state index in [0.29, 0.717) is 17.6 Å². The minimum Gasteiger partial charge on any atom is -0.507 e. The fourth-order valence-electron chi connectivity index (χ4n) is 8.40. The van der Waals surface area contributed by atoms with Crippen LogP contribution in [-0.2, 0) is 14.0 Å². The molecule has 0 radical (unpaired) electrons. The molecule has 4 atom stereocenters. The number of allylic oxidation sites excluding steroid dienone is 1. The van der Waals surface area contributed by atoms with Crippen LogP contribution in [0.2, 0.25) is 5.04 Å². The average Bonchev–Trinajstić information content (AvgIpc) is 3.37. The van der Waals surface area contributed by atoms with Gasteiger partial charge in [-0.1, -0.05) is 130 Å². The summed E-state index contributed by atoms with van der Waals surface area (Å²) in [6.07, 6.45) is 1.91. The fraction of sp³-hybridized carbons (Fsp3) is 0.318. The molecule has 8 heteroatoms. The van der Waals surface area contributed by atoms with Gasteiger partial charge in [-0.05, 0) is 69.1 Å². The Bertz CT molecular complexity index is 1900. The minimum absolute atomic E-state index is 0.143. The predicted octanol–water partition coefficient (Wildman–Crippen LogP) is 6.19. The van der Waals surface area contributed by atoms with Crippen LogP contribution in [-0.4, -0.2) is 66.7 Å². The van der Waals surface area contributed by atoms with E-state index in [1.165, 1.54) is 11.9 Å². The summed E-state index contributed by atoms with van der Waals surface area (Å²) in [6, 6.07) is 37.6. The van der Waals surface area contributed by atoms with Gasteiger partial charge in [0.05, 0.1) is 31.2 Å². The standard InChI is InChI=1S/C44H49NO6Si/c1-44(2,3)52(34-19-10-6-11-20-34,35-21-12-7-13-22-35)51-29-33-27-36-41(43(50)45(4)42(36)49)37(28-46)40(33)39(48)25-24-31(30-16-8-5-9-17-30)26-32-18-14-15-23-38(32)47/h5-23,26,36-37,39,41,46-48H,24-25,27-29H2,1-4H3/b31-26-/t36-,37+,39-,41-/m1/s1. The number of phenols is 1. The first-order chi connectivity index (χ1) is 25.0. The third-order valence-corrected chi connectivity index (χ3v) is 15.9. The van der Waals surface area contributed by atoms with Gasteiger partial charge >= 0.3 is 0 Å². The van der Waals surface area contributed by atoms with Crippen LogP contribution < -0.4 is 10.4 Å². The minimum atomic E-state index is -3.01. The highest BCUT2D eigenvalue weighted by molar-refractivity contribution is 6.99. The SMILES string of the molecule is CN1C(=O)[C@@H]2[C@@H](CC(CO[Si](c3ccccc3)(c3ccccc3)C(C)(C)C)=C([C@H](O)CC/C(=C/c3ccccc3O)c3ccccc3)[C@@H]2CO)C1=O. The summed E-state index contributed by atoms with van der Waals surface area (Å²) in [6.45, 7) is 6.36. The average molecular weight is 716 g/mol. The second kappa shape index (κ2) is 15.6. The molecule has 1 heterocycles. The van der Waals surface area contributed by atoms with Crippen LogP contribution in [0.5, 0.6) is 5.75 Å². The molecule has 270 valence electrons. The van der Waals surface area contributed by atoms with E-state index < -0.39 is 32.2 Å². The zero-order chi connectivity index (χ0) is 37.0. The summed E-state index contributed by atoms with van der Waals surface area (Å²) < 4.78 is 7.34. The molecule has 52 heavy (non-hydrogen) atoms. The van der Waals surface area contributed by atoms with E-state index in [4.69, 9.17) is 4.43 Å². The Hall–Kier alpha value is -4.60. The third-order valence-electron chi connectivity index (χ3n) is 10.9. The number of amides is 2. The van der Waals surface area contributed by atoms with Crippen molar-refractivity contribution in [2.45, 2.75) is 51.2 Å². The lowest BCUT2D eigenvalue weighted by molar-refractivity contribution is -0.138. The molecule has 1 fully saturated rings. The van der Waals surface area contributed by atoms with Crippen LogP contribution in [0.15, 0.2) is 126 Å². The summed E-state index contributed by atoms with van der Waals surface area (Å²) in [4.78, 5) is 28.2. The summed E-state index contributed by atoms with van der Waals surface area (Å²) in [5.74, 6) is -2.56. The maximum atomic E-state index is 13.5. The molecule has 7 nitrogen and oxygen atoms in total. The first-order valence-electron chi connectivity index (χ1n) is 18.1. The number of benzene rings is 4. The Balaban J connectivity index is 1.42. The lowest BCUT2D eigenvalue weighted by atomic mass is 9.68. The Morgan fingerprint density at radius 3 is 1.98 bits per heavy atom. The molecular weight excluding hydrogens is 667 g/mol. The van der Waals surface area contributed by atoms with E-state index in [0.717, 1.165) is 27.1 Å². The van der Waals surface area contributed by atoms with Crippen LogP contribution in [0.4, 0.5) is 0 Å². The largest absolute Gasteiger partial charge is 0.507 e. The van der Waals surface area contributed by atoms with Crippen molar-refractivity contribution < 1.29 is 29.3 Å². The number of fused-ring (bicyclic) bond motifs is 1. The molecule has 1 aliphatic heterocycles. The Labute approximate surface area is 308 Å². The lowest BCUT2D eigenvalue weighted by Gasteiger charge is -2.44. The van der Waals surface area contributed by atoms with Crippen LogP contribution in [0.1, 0.15) is 51.2 Å². The molecule has 2 aliphatic rings. The van der Waals surface area contributed by atoms with Crippen molar-refractivity contribution in [2.75, 3.05) is 20.3 Å². The van der Waals surface area contributed by atoms with E-state index in [9.17, 15) is 24.9 Å². The van der Waals surface area contributed by atoms with Crippen molar-refractivity contribution in [2.24, 2.45) is 17.8 Å². The van der Waals surface area contributed by atoms with Gasteiger partial charge in [0.25, 0.3) is 8.32 Å². The number of rotatable bonds is 12. The van der Waals surface area contributed by atoms with Crippen LogP contribution in [0.3, 0.4) is 0 Å². The number of hydrogen-bond donors (Lipinski definition) is 3. The number of carbonyl (C=O) groups excluding carboxylic acids is 2. The van der Waals surface area contributed by atoms with E-state index in [1.54, 1.807) is 12.1 Å². The predicted molar refractivity (Wildman–Crippen MR) is 208 cm³/mol. The summed E-state index contributed by atoms with van der Waals surface area (Å²) >= 11 is 0. The number of aromatic hydroxyl groups is 1. The molecule has 4 aromatic carbocycles. The molecule has 2 amide bonds. The van der Waals surface area contributed by atoms with Gasteiger partial charge in [-0.25, -0.2) is 0 Å². The number of likely N-dealkylation sites (tertiary alicyclic amines) is 1. The number of imide groups is 1. The third kappa shape index (κ3) is 7.08. The van der Waals surface area contributed by atoms with Gasteiger partial charge in [0.1, 0.15) is 5.75 Å². The second-order valence-corrected chi connectivity index (χ2v) is 19.3. The smallest absolute Gasteiger partial charge is 0.261 e. The molecule has 6 rings (SSSR count). The topological polar surface area (TPSA) is 107 Å². The summed E-state index contributed by atoms with van der Waals surface area (Å²) in [7, 11) is -1.51. The van der Waals surface area contributed by atoms with E-state index >= 15 is 0 Å². The number of hydrogen-bond acceptors (Lipinski definition) is 6. The molecule has 0 unspecified atom stereocenters. The second-order valence-electron chi connectivity index (χ2n) is 15.0. The van der Waals surface area contributed by atoms with Crippen molar-refractivity contribution in [3.63, 3.8) is 0 Å². The molecule has 0 spiro atoms. The Morgan fingerprint density at radius 1 is 0.865 bits per heavy atom. The van der Waals surface area contributed by atoms with Crippen molar-refractivity contribution in [3.8, 4) is 5.75 Å². The zero-order valence-corrected chi connectivity index (χ0v) is 31.4. The lowest BCUT2D eigenvalue weighted by Crippen LogP contribution is -2.66. The highest BCUT2D eigenvalue weighted by atomic mass is 28.4. The fourth-order valence-corrected chi connectivity index (χ4v) is 12.9. The highest BCUT2D eigenvalue weighted by Gasteiger charge is 2.55. The van der Waals surface area contributed by atoms with Gasteiger partial charge in [0.15, 0.2) is 0 Å². The Morgan fingerprint density at radius 2 is 1.42 bits per heavy atom. The first kappa shape index (κ1) is 37.2. The van der Waals surface area contributed by atoms with Crippen molar-refractivity contribution in [3.05, 3.63) is 138 Å². The van der Waals surface area contributed by atoms with Crippen LogP contribution in [0.25, 0.3) is 11.6 Å². The van der Waals surface area contributed by atoms with Crippen LogP contribution >= 0.6 is 0 Å². The molecular formula is C44H49NO6Si. The molecule has 0 bridgehead atoms.